The van der Waals surface area contributed by atoms with Gasteiger partial charge in [-0.15, -0.1) is 11.3 Å². The number of fused-ring (bicyclic) bond motifs is 1. The molecule has 7 heteroatoms. The van der Waals surface area contributed by atoms with Crippen LogP contribution in [0.3, 0.4) is 0 Å². The molecule has 0 aliphatic rings. The summed E-state index contributed by atoms with van der Waals surface area (Å²) in [5, 5.41) is 13.8. The topological polar surface area (TPSA) is 96.1 Å². The van der Waals surface area contributed by atoms with E-state index in [-0.39, 0.29) is 6.61 Å². The Hall–Kier alpha value is -1.44. The number of thiophene rings is 1. The van der Waals surface area contributed by atoms with Gasteiger partial charge in [-0.1, -0.05) is 13.8 Å². The summed E-state index contributed by atoms with van der Waals surface area (Å²) in [5.74, 6) is 6.51. The second kappa shape index (κ2) is 5.90. The predicted molar refractivity (Wildman–Crippen MR) is 84.0 cm³/mol. The van der Waals surface area contributed by atoms with Crippen molar-refractivity contribution in [3.05, 3.63) is 10.9 Å². The average Bonchev–Trinajstić information content (AvgIpc) is 2.90. The summed E-state index contributed by atoms with van der Waals surface area (Å²) in [6.45, 7) is 6.13. The van der Waals surface area contributed by atoms with Gasteiger partial charge in [0.15, 0.2) is 0 Å². The molecule has 0 spiro atoms. The minimum atomic E-state index is -0.415. The highest BCUT2D eigenvalue weighted by Crippen LogP contribution is 2.32. The molecule has 110 valence electrons. The van der Waals surface area contributed by atoms with Gasteiger partial charge in [0.05, 0.1) is 17.5 Å². The first-order valence-corrected chi connectivity index (χ1v) is 7.53. The molecule has 0 radical (unpaired) electrons. The second-order valence-corrected chi connectivity index (χ2v) is 6.14. The van der Waals surface area contributed by atoms with Crippen molar-refractivity contribution < 1.29 is 5.11 Å². The number of hydrazine groups is 1. The molecule has 0 aliphatic carbocycles. The van der Waals surface area contributed by atoms with E-state index in [0.717, 1.165) is 23.1 Å². The smallest absolute Gasteiger partial charge is 0.240 e. The minimum Gasteiger partial charge on any atom is -0.394 e. The van der Waals surface area contributed by atoms with E-state index in [9.17, 15) is 5.11 Å². The van der Waals surface area contributed by atoms with Gasteiger partial charge >= 0.3 is 0 Å². The van der Waals surface area contributed by atoms with E-state index in [1.807, 2.05) is 13.8 Å². The zero-order valence-electron chi connectivity index (χ0n) is 12.0. The molecular formula is C13H21N5OS. The Kier molecular flexibility index (Phi) is 4.42. The van der Waals surface area contributed by atoms with Crippen LogP contribution in [0.5, 0.6) is 0 Å². The van der Waals surface area contributed by atoms with Crippen molar-refractivity contribution in [3.8, 4) is 0 Å². The summed E-state index contributed by atoms with van der Waals surface area (Å²) in [7, 11) is 0. The van der Waals surface area contributed by atoms with Gasteiger partial charge in [-0.05, 0) is 25.8 Å². The summed E-state index contributed by atoms with van der Waals surface area (Å²) in [6, 6.07) is 2.09. The molecule has 20 heavy (non-hydrogen) atoms. The van der Waals surface area contributed by atoms with E-state index < -0.39 is 5.54 Å². The van der Waals surface area contributed by atoms with Crippen LogP contribution in [0.1, 0.15) is 32.1 Å². The van der Waals surface area contributed by atoms with Crippen molar-refractivity contribution in [2.75, 3.05) is 17.3 Å². The number of nitrogens with one attached hydrogen (secondary N) is 2. The molecule has 1 unspecified atom stereocenters. The molecule has 0 fully saturated rings. The first-order chi connectivity index (χ1) is 9.55. The van der Waals surface area contributed by atoms with E-state index in [2.05, 4.69) is 33.7 Å². The molecule has 0 saturated heterocycles. The molecule has 2 rings (SSSR count). The lowest BCUT2D eigenvalue weighted by atomic mass is 10.0. The molecule has 6 nitrogen and oxygen atoms in total. The number of nitrogens with zero attached hydrogens (tertiary/aromatic N) is 2. The van der Waals surface area contributed by atoms with Crippen LogP contribution in [-0.2, 0) is 6.42 Å². The highest BCUT2D eigenvalue weighted by molar-refractivity contribution is 7.18. The average molecular weight is 295 g/mol. The van der Waals surface area contributed by atoms with Crippen LogP contribution in [0.2, 0.25) is 0 Å². The SMILES string of the molecule is CCc1cc2c(NC(C)(CC)CO)nc(NN)nc2s1. The third-order valence-corrected chi connectivity index (χ3v) is 4.64. The first-order valence-electron chi connectivity index (χ1n) is 6.71. The van der Waals surface area contributed by atoms with E-state index in [0.29, 0.717) is 11.8 Å². The summed E-state index contributed by atoms with van der Waals surface area (Å²) < 4.78 is 0. The van der Waals surface area contributed by atoms with Crippen LogP contribution in [0.4, 0.5) is 11.8 Å². The molecule has 2 heterocycles. The van der Waals surface area contributed by atoms with Crippen LogP contribution in [-0.4, -0.2) is 27.2 Å². The number of aliphatic hydroxyl groups is 1. The zero-order valence-corrected chi connectivity index (χ0v) is 12.8. The fourth-order valence-electron chi connectivity index (χ4n) is 1.83. The zero-order chi connectivity index (χ0) is 14.8. The summed E-state index contributed by atoms with van der Waals surface area (Å²) in [4.78, 5) is 10.9. The Labute approximate surface area is 122 Å². The fourth-order valence-corrected chi connectivity index (χ4v) is 2.80. The molecule has 5 N–H and O–H groups in total. The maximum Gasteiger partial charge on any atom is 0.240 e. The van der Waals surface area contributed by atoms with E-state index in [4.69, 9.17) is 5.84 Å². The highest BCUT2D eigenvalue weighted by atomic mass is 32.1. The normalized spacial score (nSPS) is 14.2. The van der Waals surface area contributed by atoms with Crippen LogP contribution in [0.25, 0.3) is 10.2 Å². The van der Waals surface area contributed by atoms with Gasteiger partial charge in [0.1, 0.15) is 10.6 Å². The van der Waals surface area contributed by atoms with Crippen LogP contribution in [0.15, 0.2) is 6.07 Å². The number of anilines is 2. The molecule has 2 aromatic rings. The summed E-state index contributed by atoms with van der Waals surface area (Å²) in [5.41, 5.74) is 2.08. The Morgan fingerprint density at radius 3 is 2.70 bits per heavy atom. The minimum absolute atomic E-state index is 0.0329. The van der Waals surface area contributed by atoms with E-state index in [1.54, 1.807) is 11.3 Å². The monoisotopic (exact) mass is 295 g/mol. The highest BCUT2D eigenvalue weighted by Gasteiger charge is 2.23. The molecule has 2 aromatic heterocycles. The third-order valence-electron chi connectivity index (χ3n) is 3.47. The van der Waals surface area contributed by atoms with Gasteiger partial charge in [-0.25, -0.2) is 10.8 Å². The third kappa shape index (κ3) is 2.84. The molecular weight excluding hydrogens is 274 g/mol. The Morgan fingerprint density at radius 2 is 2.15 bits per heavy atom. The van der Waals surface area contributed by atoms with Crippen molar-refractivity contribution in [2.24, 2.45) is 5.84 Å². The van der Waals surface area contributed by atoms with Crippen molar-refractivity contribution in [1.82, 2.24) is 9.97 Å². The molecule has 0 bridgehead atoms. The second-order valence-electron chi connectivity index (χ2n) is 5.02. The van der Waals surface area contributed by atoms with Crippen molar-refractivity contribution >= 4 is 33.3 Å². The first kappa shape index (κ1) is 15.0. The number of aliphatic hydroxyl groups excluding tert-OH is 1. The van der Waals surface area contributed by atoms with Crippen molar-refractivity contribution in [2.45, 2.75) is 39.2 Å². The molecule has 0 amide bonds. The van der Waals surface area contributed by atoms with Gasteiger partial charge < -0.3 is 10.4 Å². The Bertz CT molecular complexity index is 594. The Morgan fingerprint density at radius 1 is 1.40 bits per heavy atom. The van der Waals surface area contributed by atoms with Crippen molar-refractivity contribution in [3.63, 3.8) is 0 Å². The van der Waals surface area contributed by atoms with E-state index >= 15 is 0 Å². The molecule has 0 saturated carbocycles. The molecule has 0 aliphatic heterocycles. The van der Waals surface area contributed by atoms with Gasteiger partial charge in [0.25, 0.3) is 0 Å². The fraction of sp³-hybridized carbons (Fsp3) is 0.538. The summed E-state index contributed by atoms with van der Waals surface area (Å²) in [6.07, 6.45) is 1.74. The lowest BCUT2D eigenvalue weighted by Gasteiger charge is -2.28. The Balaban J connectivity index is 2.52. The number of aryl methyl sites for hydroxylation is 1. The summed E-state index contributed by atoms with van der Waals surface area (Å²) >= 11 is 1.63. The molecule has 0 aromatic carbocycles. The number of hydrogen-bond acceptors (Lipinski definition) is 7. The van der Waals surface area contributed by atoms with Crippen molar-refractivity contribution in [1.29, 1.82) is 0 Å². The van der Waals surface area contributed by atoms with Crippen LogP contribution in [0, 0.1) is 0 Å². The van der Waals surface area contributed by atoms with Gasteiger partial charge in [-0.3, -0.25) is 5.43 Å². The number of hydrogen-bond donors (Lipinski definition) is 4. The lowest BCUT2D eigenvalue weighted by Crippen LogP contribution is -2.38. The largest absolute Gasteiger partial charge is 0.394 e. The van der Waals surface area contributed by atoms with Crippen LogP contribution >= 0.6 is 11.3 Å². The standard InChI is InChI=1S/C13H21N5OS/c1-4-8-6-9-10(17-13(3,5-2)7-19)15-12(18-14)16-11(9)20-8/h6,19H,4-5,7,14H2,1-3H3,(H2,15,16,17,18). The van der Waals surface area contributed by atoms with E-state index in [1.165, 1.54) is 4.88 Å². The van der Waals surface area contributed by atoms with Gasteiger partial charge in [-0.2, -0.15) is 4.98 Å². The maximum atomic E-state index is 9.55. The maximum absolute atomic E-state index is 9.55. The van der Waals surface area contributed by atoms with Gasteiger partial charge in [0.2, 0.25) is 5.95 Å². The van der Waals surface area contributed by atoms with Crippen LogP contribution < -0.4 is 16.6 Å². The quantitative estimate of drug-likeness (QED) is 0.481. The lowest BCUT2D eigenvalue weighted by molar-refractivity contribution is 0.218. The molecule has 1 atom stereocenters. The number of rotatable bonds is 6. The predicted octanol–water partition coefficient (Wildman–Crippen LogP) is 2.11. The van der Waals surface area contributed by atoms with Gasteiger partial charge in [0, 0.05) is 4.88 Å². The number of aromatic nitrogens is 2. The number of nitrogens with two attached hydrogens (primary N) is 1. The number of nitrogen functional groups attached to an aromatic ring is 1.